The molecule has 7 nitrogen and oxygen atoms in total. The van der Waals surface area contributed by atoms with Crippen LogP contribution in [-0.4, -0.2) is 32.9 Å². The smallest absolute Gasteiger partial charge is 0.319 e. The fourth-order valence-electron chi connectivity index (χ4n) is 2.93. The van der Waals surface area contributed by atoms with Crippen molar-refractivity contribution in [2.45, 2.75) is 58.5 Å². The number of rotatable bonds is 9. The third kappa shape index (κ3) is 6.13. The molecule has 1 aromatic heterocycles. The van der Waals surface area contributed by atoms with Gasteiger partial charge < -0.3 is 15.7 Å². The summed E-state index contributed by atoms with van der Waals surface area (Å²) in [5.41, 5.74) is 2.60. The van der Waals surface area contributed by atoms with Gasteiger partial charge in [-0.15, -0.1) is 0 Å². The van der Waals surface area contributed by atoms with E-state index in [9.17, 15) is 9.59 Å². The summed E-state index contributed by atoms with van der Waals surface area (Å²) in [4.78, 5) is 23.4. The maximum atomic E-state index is 12.5. The summed E-state index contributed by atoms with van der Waals surface area (Å²) < 4.78 is 1.89. The number of aliphatic carboxylic acids is 1. The molecule has 0 saturated carbocycles. The molecule has 2 amide bonds. The Morgan fingerprint density at radius 3 is 2.59 bits per heavy atom. The maximum Gasteiger partial charge on any atom is 0.319 e. The highest BCUT2D eigenvalue weighted by Gasteiger charge is 2.17. The number of carbonyl (C=O) groups excluding carboxylic acids is 1. The van der Waals surface area contributed by atoms with Crippen molar-refractivity contribution in [3.63, 3.8) is 0 Å². The number of nitrogens with one attached hydrogen (secondary N) is 2. The SMILES string of the molecule is CCC(C)n1ncc(NC(=O)NC(CCC(=O)O)Cc2ccccc2)c1C. The third-order valence-corrected chi connectivity index (χ3v) is 4.67. The number of carbonyl (C=O) groups is 2. The van der Waals surface area contributed by atoms with Gasteiger partial charge in [-0.25, -0.2) is 4.79 Å². The minimum Gasteiger partial charge on any atom is -0.481 e. The molecule has 3 N–H and O–H groups in total. The summed E-state index contributed by atoms with van der Waals surface area (Å²) >= 11 is 0. The second-order valence-electron chi connectivity index (χ2n) is 6.76. The Morgan fingerprint density at radius 2 is 1.96 bits per heavy atom. The van der Waals surface area contributed by atoms with Gasteiger partial charge in [-0.2, -0.15) is 5.10 Å². The first-order chi connectivity index (χ1) is 12.9. The number of benzene rings is 1. The van der Waals surface area contributed by atoms with E-state index in [2.05, 4.69) is 29.6 Å². The first-order valence-corrected chi connectivity index (χ1v) is 9.28. The third-order valence-electron chi connectivity index (χ3n) is 4.67. The quantitative estimate of drug-likeness (QED) is 0.624. The molecule has 2 atom stereocenters. The van der Waals surface area contributed by atoms with Crippen molar-refractivity contribution in [2.24, 2.45) is 0 Å². The normalized spacial score (nSPS) is 13.0. The van der Waals surface area contributed by atoms with Crippen molar-refractivity contribution in [1.29, 1.82) is 0 Å². The zero-order valence-electron chi connectivity index (χ0n) is 16.1. The van der Waals surface area contributed by atoms with Crippen molar-refractivity contribution in [3.8, 4) is 0 Å². The van der Waals surface area contributed by atoms with Crippen LogP contribution in [0.1, 0.15) is 50.4 Å². The molecule has 146 valence electrons. The zero-order valence-corrected chi connectivity index (χ0v) is 16.1. The molecule has 0 fully saturated rings. The van der Waals surface area contributed by atoms with E-state index in [-0.39, 0.29) is 24.5 Å². The van der Waals surface area contributed by atoms with Gasteiger partial charge in [0.2, 0.25) is 0 Å². The Morgan fingerprint density at radius 1 is 1.26 bits per heavy atom. The van der Waals surface area contributed by atoms with E-state index in [1.165, 1.54) is 0 Å². The summed E-state index contributed by atoms with van der Waals surface area (Å²) in [6, 6.07) is 9.34. The van der Waals surface area contributed by atoms with E-state index >= 15 is 0 Å². The molecular weight excluding hydrogens is 344 g/mol. The van der Waals surface area contributed by atoms with Crippen molar-refractivity contribution < 1.29 is 14.7 Å². The summed E-state index contributed by atoms with van der Waals surface area (Å²) in [6.45, 7) is 6.08. The van der Waals surface area contributed by atoms with Gasteiger partial charge in [0.05, 0.1) is 17.6 Å². The van der Waals surface area contributed by atoms with Crippen molar-refractivity contribution in [3.05, 3.63) is 47.8 Å². The largest absolute Gasteiger partial charge is 0.481 e. The Hall–Kier alpha value is -2.83. The molecule has 2 aromatic rings. The molecule has 0 spiro atoms. The number of carboxylic acid groups (broad SMARTS) is 1. The molecule has 2 unspecified atom stereocenters. The van der Waals surface area contributed by atoms with Gasteiger partial charge in [-0.1, -0.05) is 37.3 Å². The predicted octanol–water partition coefficient (Wildman–Crippen LogP) is 3.76. The molecule has 7 heteroatoms. The van der Waals surface area contributed by atoms with Gasteiger partial charge >= 0.3 is 12.0 Å². The molecule has 0 bridgehead atoms. The number of hydrogen-bond donors (Lipinski definition) is 3. The Kier molecular flexibility index (Phi) is 7.40. The van der Waals surface area contributed by atoms with Gasteiger partial charge in [-0.05, 0) is 38.7 Å². The summed E-state index contributed by atoms with van der Waals surface area (Å²) in [5.74, 6) is -0.874. The highest BCUT2D eigenvalue weighted by molar-refractivity contribution is 5.89. The number of urea groups is 1. The molecule has 27 heavy (non-hydrogen) atoms. The van der Waals surface area contributed by atoms with Crippen LogP contribution in [0, 0.1) is 6.92 Å². The Bertz CT molecular complexity index is 758. The van der Waals surface area contributed by atoms with Gasteiger partial charge in [0, 0.05) is 18.5 Å². The van der Waals surface area contributed by atoms with E-state index < -0.39 is 5.97 Å². The highest BCUT2D eigenvalue weighted by Crippen LogP contribution is 2.19. The lowest BCUT2D eigenvalue weighted by Gasteiger charge is -2.19. The lowest BCUT2D eigenvalue weighted by molar-refractivity contribution is -0.137. The lowest BCUT2D eigenvalue weighted by atomic mass is 10.0. The van der Waals surface area contributed by atoms with Gasteiger partial charge in [-0.3, -0.25) is 9.48 Å². The van der Waals surface area contributed by atoms with Crippen LogP contribution in [0.5, 0.6) is 0 Å². The highest BCUT2D eigenvalue weighted by atomic mass is 16.4. The van der Waals surface area contributed by atoms with Crippen LogP contribution in [0.3, 0.4) is 0 Å². The lowest BCUT2D eigenvalue weighted by Crippen LogP contribution is -2.39. The molecule has 0 aliphatic heterocycles. The Balaban J connectivity index is 2.02. The predicted molar refractivity (Wildman–Crippen MR) is 105 cm³/mol. The van der Waals surface area contributed by atoms with Crippen LogP contribution in [0.15, 0.2) is 36.5 Å². The maximum absolute atomic E-state index is 12.5. The van der Waals surface area contributed by atoms with Crippen LogP contribution in [-0.2, 0) is 11.2 Å². The first-order valence-electron chi connectivity index (χ1n) is 9.28. The summed E-state index contributed by atoms with van der Waals surface area (Å²) in [7, 11) is 0. The molecule has 1 aromatic carbocycles. The summed E-state index contributed by atoms with van der Waals surface area (Å²) in [5, 5.41) is 19.0. The zero-order chi connectivity index (χ0) is 19.8. The number of amides is 2. The molecular formula is C20H28N4O3. The van der Waals surface area contributed by atoms with E-state index in [0.29, 0.717) is 18.5 Å². The van der Waals surface area contributed by atoms with Gasteiger partial charge in [0.15, 0.2) is 0 Å². The van der Waals surface area contributed by atoms with Crippen molar-refractivity contribution >= 4 is 17.7 Å². The Labute approximate surface area is 159 Å². The van der Waals surface area contributed by atoms with Crippen LogP contribution >= 0.6 is 0 Å². The second-order valence-corrected chi connectivity index (χ2v) is 6.76. The topological polar surface area (TPSA) is 96.3 Å². The number of anilines is 1. The summed E-state index contributed by atoms with van der Waals surface area (Å²) in [6.07, 6.45) is 3.53. The molecule has 0 aliphatic rings. The van der Waals surface area contributed by atoms with Gasteiger partial charge in [0.25, 0.3) is 0 Å². The van der Waals surface area contributed by atoms with Crippen LogP contribution < -0.4 is 10.6 Å². The number of nitrogens with zero attached hydrogens (tertiary/aromatic N) is 2. The van der Waals surface area contributed by atoms with E-state index in [0.717, 1.165) is 17.7 Å². The van der Waals surface area contributed by atoms with Crippen molar-refractivity contribution in [1.82, 2.24) is 15.1 Å². The van der Waals surface area contributed by atoms with E-state index in [4.69, 9.17) is 5.11 Å². The second kappa shape index (κ2) is 9.75. The molecule has 1 heterocycles. The average molecular weight is 372 g/mol. The molecule has 0 saturated heterocycles. The van der Waals surface area contributed by atoms with Gasteiger partial charge in [0.1, 0.15) is 0 Å². The van der Waals surface area contributed by atoms with Crippen molar-refractivity contribution in [2.75, 3.05) is 5.32 Å². The minimum atomic E-state index is -0.874. The van der Waals surface area contributed by atoms with E-state index in [1.807, 2.05) is 41.9 Å². The molecule has 0 aliphatic carbocycles. The number of aromatic nitrogens is 2. The minimum absolute atomic E-state index is 0.00273. The van der Waals surface area contributed by atoms with Crippen LogP contribution in [0.25, 0.3) is 0 Å². The fourth-order valence-corrected chi connectivity index (χ4v) is 2.93. The molecule has 0 radical (unpaired) electrons. The standard InChI is InChI=1S/C20H28N4O3/c1-4-14(2)24-15(3)18(13-21-24)23-20(27)22-17(10-11-19(25)26)12-16-8-6-5-7-9-16/h5-9,13-14,17H,4,10-12H2,1-3H3,(H,25,26)(H2,22,23,27). The fraction of sp³-hybridized carbons (Fsp3) is 0.450. The number of hydrogen-bond acceptors (Lipinski definition) is 3. The van der Waals surface area contributed by atoms with Crippen LogP contribution in [0.2, 0.25) is 0 Å². The van der Waals surface area contributed by atoms with E-state index in [1.54, 1.807) is 6.20 Å². The molecule has 2 rings (SSSR count). The number of carboxylic acids is 1. The first kappa shape index (κ1) is 20.5. The average Bonchev–Trinajstić information content (AvgIpc) is 3.00. The van der Waals surface area contributed by atoms with Crippen LogP contribution in [0.4, 0.5) is 10.5 Å². The monoisotopic (exact) mass is 372 g/mol.